The molecular weight excluding hydrogens is 174 g/mol. The summed E-state index contributed by atoms with van der Waals surface area (Å²) < 4.78 is 0. The third kappa shape index (κ3) is 2.30. The summed E-state index contributed by atoms with van der Waals surface area (Å²) >= 11 is 1.79. The van der Waals surface area contributed by atoms with Crippen LogP contribution in [-0.2, 0) is 0 Å². The van der Waals surface area contributed by atoms with Crippen molar-refractivity contribution in [1.82, 2.24) is 15.2 Å². The molecule has 12 heavy (non-hydrogen) atoms. The molecule has 0 unspecified atom stereocenters. The smallest absolute Gasteiger partial charge is 0.246 e. The van der Waals surface area contributed by atoms with Crippen LogP contribution in [0.4, 0.5) is 11.9 Å². The lowest BCUT2D eigenvalue weighted by Gasteiger charge is -2.12. The molecule has 0 atom stereocenters. The van der Waals surface area contributed by atoms with Crippen LogP contribution in [0.25, 0.3) is 0 Å². The van der Waals surface area contributed by atoms with Gasteiger partial charge in [-0.05, 0) is 6.26 Å². The van der Waals surface area contributed by atoms with Crippen molar-refractivity contribution in [2.75, 3.05) is 36.2 Å². The Morgan fingerprint density at radius 1 is 1.67 bits per heavy atom. The minimum Gasteiger partial charge on any atom is -0.368 e. The number of H-pyrrole nitrogens is 1. The fourth-order valence-corrected chi connectivity index (χ4v) is 1.22. The summed E-state index contributed by atoms with van der Waals surface area (Å²) in [5, 5.41) is 6.52. The molecule has 0 aliphatic rings. The number of aromatic nitrogens is 3. The van der Waals surface area contributed by atoms with Crippen LogP contribution in [0.1, 0.15) is 0 Å². The summed E-state index contributed by atoms with van der Waals surface area (Å²) in [6.45, 7) is 0.929. The molecule has 0 amide bonds. The molecule has 0 saturated heterocycles. The minimum atomic E-state index is 0.362. The molecule has 5 nitrogen and oxygen atoms in total. The molecule has 0 saturated carbocycles. The van der Waals surface area contributed by atoms with E-state index >= 15 is 0 Å². The highest BCUT2D eigenvalue weighted by atomic mass is 32.2. The average molecular weight is 187 g/mol. The Balaban J connectivity index is 2.47. The number of anilines is 2. The summed E-state index contributed by atoms with van der Waals surface area (Å²) in [6.07, 6.45) is 2.07. The Morgan fingerprint density at radius 2 is 2.42 bits per heavy atom. The molecule has 0 spiro atoms. The van der Waals surface area contributed by atoms with Gasteiger partial charge in [0.05, 0.1) is 0 Å². The number of hydrogen-bond donors (Lipinski definition) is 2. The fraction of sp³-hybridized carbons (Fsp3) is 0.667. The maximum Gasteiger partial charge on any atom is 0.246 e. The second-order valence-corrected chi connectivity index (χ2v) is 3.42. The van der Waals surface area contributed by atoms with Crippen LogP contribution in [0.3, 0.4) is 0 Å². The zero-order valence-corrected chi connectivity index (χ0v) is 8.06. The van der Waals surface area contributed by atoms with Crippen LogP contribution in [0.2, 0.25) is 0 Å². The van der Waals surface area contributed by atoms with Gasteiger partial charge in [-0.25, -0.2) is 5.10 Å². The highest BCUT2D eigenvalue weighted by Crippen LogP contribution is 2.05. The molecule has 0 radical (unpaired) electrons. The molecule has 1 rings (SSSR count). The Bertz CT molecular complexity index is 236. The van der Waals surface area contributed by atoms with E-state index < -0.39 is 0 Å². The monoisotopic (exact) mass is 187 g/mol. The third-order valence-corrected chi connectivity index (χ3v) is 2.05. The normalized spacial score (nSPS) is 10.2. The van der Waals surface area contributed by atoms with Gasteiger partial charge in [0.25, 0.3) is 0 Å². The average Bonchev–Trinajstić information content (AvgIpc) is 2.47. The molecular formula is C6H13N5S. The van der Waals surface area contributed by atoms with Crippen LogP contribution < -0.4 is 10.6 Å². The molecule has 0 aliphatic heterocycles. The number of thioether (sulfide) groups is 1. The minimum absolute atomic E-state index is 0.362. The number of aromatic amines is 1. The van der Waals surface area contributed by atoms with Gasteiger partial charge in [0.15, 0.2) is 0 Å². The quantitative estimate of drug-likeness (QED) is 0.704. The Kier molecular flexibility index (Phi) is 3.21. The van der Waals surface area contributed by atoms with Gasteiger partial charge < -0.3 is 10.6 Å². The molecule has 0 fully saturated rings. The lowest BCUT2D eigenvalue weighted by molar-refractivity contribution is 0.912. The van der Waals surface area contributed by atoms with Gasteiger partial charge in [-0.3, -0.25) is 0 Å². The van der Waals surface area contributed by atoms with Crippen molar-refractivity contribution < 1.29 is 0 Å². The largest absolute Gasteiger partial charge is 0.368 e. The summed E-state index contributed by atoms with van der Waals surface area (Å²) in [5.74, 6) is 2.08. The van der Waals surface area contributed by atoms with Crippen molar-refractivity contribution in [3.63, 3.8) is 0 Å². The van der Waals surface area contributed by atoms with E-state index in [1.807, 2.05) is 11.9 Å². The molecule has 1 aromatic heterocycles. The SMILES string of the molecule is CSCCN(C)c1n[nH]c(N)n1. The molecule has 6 heteroatoms. The van der Waals surface area contributed by atoms with Crippen LogP contribution in [0, 0.1) is 0 Å². The number of nitrogens with one attached hydrogen (secondary N) is 1. The number of nitrogen functional groups attached to an aromatic ring is 1. The molecule has 0 aromatic carbocycles. The molecule has 1 heterocycles. The van der Waals surface area contributed by atoms with E-state index in [0.717, 1.165) is 12.3 Å². The second kappa shape index (κ2) is 4.20. The van der Waals surface area contributed by atoms with Crippen molar-refractivity contribution in [1.29, 1.82) is 0 Å². The number of nitrogens with zero attached hydrogens (tertiary/aromatic N) is 3. The van der Waals surface area contributed by atoms with E-state index in [9.17, 15) is 0 Å². The predicted molar refractivity (Wildman–Crippen MR) is 52.4 cm³/mol. The summed E-state index contributed by atoms with van der Waals surface area (Å²) in [7, 11) is 1.94. The molecule has 68 valence electrons. The zero-order valence-electron chi connectivity index (χ0n) is 7.24. The second-order valence-electron chi connectivity index (χ2n) is 2.44. The lowest BCUT2D eigenvalue weighted by Crippen LogP contribution is -2.21. The first kappa shape index (κ1) is 9.18. The van der Waals surface area contributed by atoms with Gasteiger partial charge in [-0.1, -0.05) is 0 Å². The van der Waals surface area contributed by atoms with Gasteiger partial charge in [-0.15, -0.1) is 5.10 Å². The third-order valence-electron chi connectivity index (χ3n) is 1.46. The van der Waals surface area contributed by atoms with Gasteiger partial charge in [0.1, 0.15) is 0 Å². The number of rotatable bonds is 4. The maximum absolute atomic E-state index is 5.38. The Labute approximate surface area is 75.7 Å². The van der Waals surface area contributed by atoms with Crippen LogP contribution >= 0.6 is 11.8 Å². The van der Waals surface area contributed by atoms with E-state index in [-0.39, 0.29) is 0 Å². The van der Waals surface area contributed by atoms with E-state index in [1.165, 1.54) is 0 Å². The van der Waals surface area contributed by atoms with Gasteiger partial charge in [-0.2, -0.15) is 16.7 Å². The molecule has 3 N–H and O–H groups in total. The van der Waals surface area contributed by atoms with Gasteiger partial charge in [0, 0.05) is 19.3 Å². The van der Waals surface area contributed by atoms with E-state index in [2.05, 4.69) is 21.4 Å². The first-order valence-corrected chi connectivity index (χ1v) is 5.01. The van der Waals surface area contributed by atoms with E-state index in [1.54, 1.807) is 11.8 Å². The summed E-state index contributed by atoms with van der Waals surface area (Å²) in [5.41, 5.74) is 5.38. The first-order chi connectivity index (χ1) is 5.74. The molecule has 1 aromatic rings. The standard InChI is InChI=1S/C6H13N5S/c1-11(3-4-12-2)6-8-5(7)9-10-6/h3-4H2,1-2H3,(H3,7,8,9,10). The van der Waals surface area contributed by atoms with Crippen molar-refractivity contribution in [2.45, 2.75) is 0 Å². The Hall–Kier alpha value is -0.910. The van der Waals surface area contributed by atoms with E-state index in [4.69, 9.17) is 5.73 Å². The molecule has 0 aliphatic carbocycles. The maximum atomic E-state index is 5.38. The number of nitrogens with two attached hydrogens (primary N) is 1. The van der Waals surface area contributed by atoms with Crippen LogP contribution in [0.15, 0.2) is 0 Å². The fourth-order valence-electron chi connectivity index (χ4n) is 0.764. The lowest BCUT2D eigenvalue weighted by atomic mass is 10.6. The summed E-state index contributed by atoms with van der Waals surface area (Å²) in [4.78, 5) is 5.95. The van der Waals surface area contributed by atoms with Gasteiger partial charge >= 0.3 is 0 Å². The van der Waals surface area contributed by atoms with Crippen molar-refractivity contribution in [3.05, 3.63) is 0 Å². The van der Waals surface area contributed by atoms with Crippen LogP contribution in [-0.4, -0.2) is 40.8 Å². The van der Waals surface area contributed by atoms with E-state index in [0.29, 0.717) is 11.9 Å². The molecule has 0 bridgehead atoms. The Morgan fingerprint density at radius 3 is 2.92 bits per heavy atom. The van der Waals surface area contributed by atoms with Crippen LogP contribution in [0.5, 0.6) is 0 Å². The van der Waals surface area contributed by atoms with Crippen molar-refractivity contribution >= 4 is 23.7 Å². The highest BCUT2D eigenvalue weighted by molar-refractivity contribution is 7.98. The topological polar surface area (TPSA) is 70.8 Å². The van der Waals surface area contributed by atoms with Crippen molar-refractivity contribution in [2.24, 2.45) is 0 Å². The first-order valence-electron chi connectivity index (χ1n) is 3.62. The number of hydrogen-bond acceptors (Lipinski definition) is 5. The highest BCUT2D eigenvalue weighted by Gasteiger charge is 2.04. The van der Waals surface area contributed by atoms with Crippen molar-refractivity contribution in [3.8, 4) is 0 Å². The zero-order chi connectivity index (χ0) is 8.97. The summed E-state index contributed by atoms with van der Waals surface area (Å²) in [6, 6.07) is 0. The van der Waals surface area contributed by atoms with Gasteiger partial charge in [0.2, 0.25) is 11.9 Å². The predicted octanol–water partition coefficient (Wildman–Crippen LogP) is 0.186.